The number of nitrogens with two attached hydrogens (primary N) is 1. The van der Waals surface area contributed by atoms with Crippen LogP contribution in [0.15, 0.2) is 48.5 Å². The summed E-state index contributed by atoms with van der Waals surface area (Å²) < 4.78 is 13.1. The van der Waals surface area contributed by atoms with E-state index in [1.807, 2.05) is 0 Å². The number of halogens is 1. The molecular weight excluding hydrogens is 375 g/mol. The van der Waals surface area contributed by atoms with Gasteiger partial charge in [0.25, 0.3) is 5.91 Å². The first kappa shape index (κ1) is 22.1. The molecule has 29 heavy (non-hydrogen) atoms. The molecule has 0 unspecified atom stereocenters. The predicted molar refractivity (Wildman–Crippen MR) is 108 cm³/mol. The first-order chi connectivity index (χ1) is 13.5. The molecule has 154 valence electrons. The summed E-state index contributed by atoms with van der Waals surface area (Å²) in [6.07, 6.45) is -0.207. The smallest absolute Gasteiger partial charge is 0.326 e. The van der Waals surface area contributed by atoms with E-state index >= 15 is 0 Å². The summed E-state index contributed by atoms with van der Waals surface area (Å²) in [5.41, 5.74) is 6.27. The Bertz CT molecular complexity index is 887. The second-order valence-electron chi connectivity index (χ2n) is 7.79. The number of amides is 2. The average molecular weight is 400 g/mol. The Balaban J connectivity index is 2.34. The van der Waals surface area contributed by atoms with Crippen molar-refractivity contribution in [2.24, 2.45) is 5.73 Å². The lowest BCUT2D eigenvalue weighted by Gasteiger charge is -2.40. The number of carbonyl (C=O) groups is 3. The van der Waals surface area contributed by atoms with Gasteiger partial charge in [0.05, 0.1) is 0 Å². The number of primary amides is 1. The summed E-state index contributed by atoms with van der Waals surface area (Å²) in [7, 11) is 0. The zero-order chi connectivity index (χ0) is 21.8. The van der Waals surface area contributed by atoms with Crippen molar-refractivity contribution in [2.75, 3.05) is 0 Å². The summed E-state index contributed by atoms with van der Waals surface area (Å²) in [4.78, 5) is 37.4. The lowest BCUT2D eigenvalue weighted by Crippen LogP contribution is -2.54. The standard InChI is InChI=1S/C22H25FN2O4/c1-22(2,3)25(18(21(28)29)12-13-19(24)26)20(27)16-6-4-14(5-7-16)15-8-10-17(23)11-9-15/h4-11,18H,12-13H2,1-3H3,(H2,24,26)(H,28,29)/t18-/m0/s1. The molecule has 3 N–H and O–H groups in total. The van der Waals surface area contributed by atoms with Gasteiger partial charge in [-0.2, -0.15) is 0 Å². The highest BCUT2D eigenvalue weighted by Crippen LogP contribution is 2.25. The van der Waals surface area contributed by atoms with Gasteiger partial charge >= 0.3 is 5.97 Å². The first-order valence-electron chi connectivity index (χ1n) is 9.21. The van der Waals surface area contributed by atoms with E-state index in [4.69, 9.17) is 5.73 Å². The van der Waals surface area contributed by atoms with Gasteiger partial charge in [0.1, 0.15) is 11.9 Å². The number of benzene rings is 2. The Morgan fingerprint density at radius 3 is 1.90 bits per heavy atom. The highest BCUT2D eigenvalue weighted by Gasteiger charge is 2.37. The van der Waals surface area contributed by atoms with Crippen LogP contribution in [0.3, 0.4) is 0 Å². The minimum Gasteiger partial charge on any atom is -0.480 e. The molecule has 6 nitrogen and oxygen atoms in total. The van der Waals surface area contributed by atoms with E-state index in [0.717, 1.165) is 11.1 Å². The van der Waals surface area contributed by atoms with Crippen molar-refractivity contribution in [2.45, 2.75) is 45.2 Å². The van der Waals surface area contributed by atoms with Crippen molar-refractivity contribution in [3.8, 4) is 11.1 Å². The van der Waals surface area contributed by atoms with Crippen molar-refractivity contribution < 1.29 is 23.9 Å². The van der Waals surface area contributed by atoms with Gasteiger partial charge in [-0.15, -0.1) is 0 Å². The number of carboxylic acids is 1. The molecule has 0 saturated carbocycles. The van der Waals surface area contributed by atoms with E-state index in [9.17, 15) is 23.9 Å². The van der Waals surface area contributed by atoms with Crippen LogP contribution >= 0.6 is 0 Å². The molecule has 0 aliphatic rings. The number of rotatable bonds is 7. The van der Waals surface area contributed by atoms with Crippen LogP contribution in [-0.2, 0) is 9.59 Å². The molecule has 0 aliphatic carbocycles. The van der Waals surface area contributed by atoms with Gasteiger partial charge in [-0.25, -0.2) is 9.18 Å². The second kappa shape index (κ2) is 8.86. The van der Waals surface area contributed by atoms with Crippen LogP contribution in [0.5, 0.6) is 0 Å². The van der Waals surface area contributed by atoms with Crippen molar-refractivity contribution >= 4 is 17.8 Å². The van der Waals surface area contributed by atoms with E-state index in [2.05, 4.69) is 0 Å². The molecule has 0 spiro atoms. The van der Waals surface area contributed by atoms with Gasteiger partial charge in [-0.1, -0.05) is 24.3 Å². The van der Waals surface area contributed by atoms with Gasteiger partial charge in [-0.05, 0) is 62.6 Å². The fourth-order valence-corrected chi connectivity index (χ4v) is 3.14. The number of nitrogens with zero attached hydrogens (tertiary/aromatic N) is 1. The van der Waals surface area contributed by atoms with Crippen LogP contribution in [0.25, 0.3) is 11.1 Å². The molecule has 2 aromatic carbocycles. The summed E-state index contributed by atoms with van der Waals surface area (Å²) in [6.45, 7) is 5.20. The number of hydrogen-bond acceptors (Lipinski definition) is 3. The van der Waals surface area contributed by atoms with Gasteiger partial charge in [0, 0.05) is 17.5 Å². The molecule has 2 rings (SSSR count). The molecule has 1 atom stereocenters. The molecule has 0 saturated heterocycles. The maximum Gasteiger partial charge on any atom is 0.326 e. The second-order valence-corrected chi connectivity index (χ2v) is 7.79. The van der Waals surface area contributed by atoms with Gasteiger partial charge in [0.2, 0.25) is 5.91 Å². The van der Waals surface area contributed by atoms with Crippen LogP contribution in [0, 0.1) is 5.82 Å². The lowest BCUT2D eigenvalue weighted by molar-refractivity contribution is -0.144. The zero-order valence-electron chi connectivity index (χ0n) is 16.7. The molecule has 0 fully saturated rings. The highest BCUT2D eigenvalue weighted by atomic mass is 19.1. The van der Waals surface area contributed by atoms with Crippen molar-refractivity contribution in [3.05, 3.63) is 59.9 Å². The van der Waals surface area contributed by atoms with Crippen LogP contribution in [0.1, 0.15) is 44.0 Å². The molecule has 0 aliphatic heterocycles. The molecule has 2 aromatic rings. The van der Waals surface area contributed by atoms with Crippen molar-refractivity contribution in [3.63, 3.8) is 0 Å². The van der Waals surface area contributed by atoms with Crippen LogP contribution < -0.4 is 5.73 Å². The normalized spacial score (nSPS) is 12.3. The SMILES string of the molecule is CC(C)(C)N(C(=O)c1ccc(-c2ccc(F)cc2)cc1)[C@@H](CCC(N)=O)C(=O)O. The molecule has 0 radical (unpaired) electrons. The third kappa shape index (κ3) is 5.63. The fraction of sp³-hybridized carbons (Fsp3) is 0.318. The third-order valence-electron chi connectivity index (χ3n) is 4.51. The molecular formula is C22H25FN2O4. The number of aliphatic carboxylic acids is 1. The Morgan fingerprint density at radius 1 is 1.00 bits per heavy atom. The number of hydrogen-bond donors (Lipinski definition) is 2. The molecule has 0 bridgehead atoms. The summed E-state index contributed by atoms with van der Waals surface area (Å²) in [6, 6.07) is 11.4. The summed E-state index contributed by atoms with van der Waals surface area (Å²) >= 11 is 0. The zero-order valence-corrected chi connectivity index (χ0v) is 16.7. The summed E-state index contributed by atoms with van der Waals surface area (Å²) in [5.74, 6) is -2.62. The Labute approximate surface area is 169 Å². The van der Waals surface area contributed by atoms with Crippen molar-refractivity contribution in [1.29, 1.82) is 0 Å². The van der Waals surface area contributed by atoms with Crippen molar-refractivity contribution in [1.82, 2.24) is 4.90 Å². The summed E-state index contributed by atoms with van der Waals surface area (Å²) in [5, 5.41) is 9.65. The van der Waals surface area contributed by atoms with Crippen LogP contribution in [-0.4, -0.2) is 39.4 Å². The van der Waals surface area contributed by atoms with E-state index < -0.39 is 29.4 Å². The lowest BCUT2D eigenvalue weighted by atomic mass is 9.97. The molecule has 0 heterocycles. The Kier molecular flexibility index (Phi) is 6.74. The quantitative estimate of drug-likeness (QED) is 0.743. The predicted octanol–water partition coefficient (Wildman–Crippen LogP) is 3.45. The van der Waals surface area contributed by atoms with Gasteiger partial charge in [-0.3, -0.25) is 9.59 Å². The van der Waals surface area contributed by atoms with E-state index in [1.54, 1.807) is 57.2 Å². The van der Waals surface area contributed by atoms with Gasteiger partial charge in [0.15, 0.2) is 0 Å². The minimum atomic E-state index is -1.20. The number of carbonyl (C=O) groups excluding carboxylic acids is 2. The number of carboxylic acid groups (broad SMARTS) is 1. The van der Waals surface area contributed by atoms with E-state index in [-0.39, 0.29) is 18.7 Å². The molecule has 0 aromatic heterocycles. The third-order valence-corrected chi connectivity index (χ3v) is 4.51. The molecule has 7 heteroatoms. The highest BCUT2D eigenvalue weighted by molar-refractivity contribution is 5.97. The average Bonchev–Trinajstić information content (AvgIpc) is 2.64. The van der Waals surface area contributed by atoms with Gasteiger partial charge < -0.3 is 15.7 Å². The fourth-order valence-electron chi connectivity index (χ4n) is 3.14. The topological polar surface area (TPSA) is 101 Å². The van der Waals surface area contributed by atoms with E-state index in [0.29, 0.717) is 5.56 Å². The Morgan fingerprint density at radius 2 is 1.48 bits per heavy atom. The van der Waals surface area contributed by atoms with Crippen LogP contribution in [0.4, 0.5) is 4.39 Å². The minimum absolute atomic E-state index is 0.0681. The Hall–Kier alpha value is -3.22. The monoisotopic (exact) mass is 400 g/mol. The largest absolute Gasteiger partial charge is 0.480 e. The first-order valence-corrected chi connectivity index (χ1v) is 9.21. The maximum absolute atomic E-state index is 13.2. The maximum atomic E-state index is 13.2. The van der Waals surface area contributed by atoms with Crippen LogP contribution in [0.2, 0.25) is 0 Å². The van der Waals surface area contributed by atoms with E-state index in [1.165, 1.54) is 17.0 Å². The molecule has 2 amide bonds.